The first-order valence-electron chi connectivity index (χ1n) is 8.11. The normalized spacial score (nSPS) is 14.5. The number of hydrogen-bond donors (Lipinski definition) is 2. The van der Waals surface area contributed by atoms with Crippen LogP contribution in [0.5, 0.6) is 0 Å². The molecule has 0 saturated carbocycles. The fourth-order valence-corrected chi connectivity index (χ4v) is 4.99. The molecule has 2 atom stereocenters. The van der Waals surface area contributed by atoms with E-state index in [0.717, 1.165) is 0 Å². The summed E-state index contributed by atoms with van der Waals surface area (Å²) in [6.45, 7) is 1.36. The van der Waals surface area contributed by atoms with Crippen LogP contribution >= 0.6 is 7.37 Å². The second-order valence-electron chi connectivity index (χ2n) is 6.00. The van der Waals surface area contributed by atoms with E-state index in [2.05, 4.69) is 0 Å². The lowest BCUT2D eigenvalue weighted by molar-refractivity contribution is -0.142. The summed E-state index contributed by atoms with van der Waals surface area (Å²) in [5.41, 5.74) is -1.38. The molecular formula is C16H18F5O6P. The van der Waals surface area contributed by atoms with Crippen molar-refractivity contribution < 1.29 is 50.8 Å². The van der Waals surface area contributed by atoms with Gasteiger partial charge in [0.15, 0.2) is 23.3 Å². The number of aliphatic carboxylic acids is 2. The number of carboxylic acids is 2. The van der Waals surface area contributed by atoms with Crippen LogP contribution in [0.2, 0.25) is 0 Å². The van der Waals surface area contributed by atoms with Crippen molar-refractivity contribution in [2.24, 2.45) is 5.92 Å². The third-order valence-electron chi connectivity index (χ3n) is 3.78. The maximum absolute atomic E-state index is 13.9. The topological polar surface area (TPSA) is 101 Å². The zero-order valence-electron chi connectivity index (χ0n) is 14.7. The largest absolute Gasteiger partial charge is 0.481 e. The van der Waals surface area contributed by atoms with Crippen molar-refractivity contribution in [2.75, 3.05) is 12.8 Å². The maximum atomic E-state index is 13.9. The molecule has 1 aromatic rings. The van der Waals surface area contributed by atoms with Crippen LogP contribution in [-0.4, -0.2) is 34.9 Å². The third kappa shape index (κ3) is 6.00. The van der Waals surface area contributed by atoms with E-state index >= 15 is 0 Å². The first-order chi connectivity index (χ1) is 12.9. The molecule has 12 heteroatoms. The van der Waals surface area contributed by atoms with Crippen LogP contribution in [0, 0.1) is 35.0 Å². The first-order valence-corrected chi connectivity index (χ1v) is 10.1. The smallest absolute Gasteiger partial charge is 0.307 e. The molecule has 28 heavy (non-hydrogen) atoms. The van der Waals surface area contributed by atoms with Crippen LogP contribution in [0.3, 0.4) is 0 Å². The van der Waals surface area contributed by atoms with Crippen molar-refractivity contribution in [3.8, 4) is 0 Å². The van der Waals surface area contributed by atoms with E-state index in [4.69, 9.17) is 9.63 Å². The van der Waals surface area contributed by atoms with Gasteiger partial charge in [-0.05, 0) is 12.8 Å². The molecule has 0 aliphatic heterocycles. The molecule has 1 rings (SSSR count). The number of rotatable bonds is 11. The molecule has 0 fully saturated rings. The Morgan fingerprint density at radius 1 is 1.00 bits per heavy atom. The summed E-state index contributed by atoms with van der Waals surface area (Å²) in [7, 11) is -4.25. The summed E-state index contributed by atoms with van der Waals surface area (Å²) in [6, 6.07) is 0. The van der Waals surface area contributed by atoms with Gasteiger partial charge in [0.1, 0.15) is 0 Å². The minimum atomic E-state index is -4.25. The Bertz CT molecular complexity index is 771. The maximum Gasteiger partial charge on any atom is 0.307 e. The molecule has 2 unspecified atom stereocenters. The molecular weight excluding hydrogens is 414 g/mol. The molecule has 0 aromatic heterocycles. The van der Waals surface area contributed by atoms with E-state index in [1.165, 1.54) is 0 Å². The van der Waals surface area contributed by atoms with Crippen molar-refractivity contribution in [3.05, 3.63) is 34.6 Å². The Morgan fingerprint density at radius 2 is 1.50 bits per heavy atom. The summed E-state index contributed by atoms with van der Waals surface area (Å²) in [5, 5.41) is 17.9. The Hall–Kier alpha value is -2.00. The highest BCUT2D eigenvalue weighted by Gasteiger charge is 2.36. The van der Waals surface area contributed by atoms with Gasteiger partial charge in [0.2, 0.25) is 13.2 Å². The van der Waals surface area contributed by atoms with Gasteiger partial charge in [0.05, 0.1) is 18.7 Å². The lowest BCUT2D eigenvalue weighted by atomic mass is 10.1. The van der Waals surface area contributed by atoms with Gasteiger partial charge in [-0.25, -0.2) is 22.0 Å². The highest BCUT2D eigenvalue weighted by Crippen LogP contribution is 2.53. The Morgan fingerprint density at radius 3 is 1.93 bits per heavy atom. The average molecular weight is 432 g/mol. The van der Waals surface area contributed by atoms with Crippen LogP contribution in [0.1, 0.15) is 31.7 Å². The van der Waals surface area contributed by atoms with Crippen LogP contribution in [0.4, 0.5) is 22.0 Å². The average Bonchev–Trinajstić information content (AvgIpc) is 2.63. The Labute approximate surface area is 156 Å². The van der Waals surface area contributed by atoms with Crippen LogP contribution in [0.15, 0.2) is 0 Å². The van der Waals surface area contributed by atoms with Crippen LogP contribution in [-0.2, 0) is 24.8 Å². The van der Waals surface area contributed by atoms with Crippen molar-refractivity contribution in [3.63, 3.8) is 0 Å². The Kier molecular flexibility index (Phi) is 8.56. The SMILES string of the molecule is CCCOP(=O)(Cc1c(F)c(F)c(F)c(F)c1F)CC(CCC(=O)O)C(=O)O. The number of benzene rings is 1. The lowest BCUT2D eigenvalue weighted by Crippen LogP contribution is -2.21. The summed E-state index contributed by atoms with van der Waals surface area (Å²) >= 11 is 0. The predicted octanol–water partition coefficient (Wildman–Crippen LogP) is 4.15. The van der Waals surface area contributed by atoms with Crippen molar-refractivity contribution in [1.29, 1.82) is 0 Å². The van der Waals surface area contributed by atoms with Gasteiger partial charge in [-0.1, -0.05) is 6.92 Å². The standard InChI is InChI=1S/C16H18F5O6P/c1-2-5-27-28(26,6-8(16(24)25)3-4-10(22)23)7-9-11(17)13(19)15(21)14(20)12(9)18/h8H,2-7H2,1H3,(H,22,23)(H,24,25). The van der Waals surface area contributed by atoms with Gasteiger partial charge in [-0.2, -0.15) is 0 Å². The van der Waals surface area contributed by atoms with Gasteiger partial charge >= 0.3 is 11.9 Å². The first kappa shape index (κ1) is 24.0. The fraction of sp³-hybridized carbons (Fsp3) is 0.500. The highest BCUT2D eigenvalue weighted by atomic mass is 31.2. The van der Waals surface area contributed by atoms with E-state index in [1.807, 2.05) is 0 Å². The third-order valence-corrected chi connectivity index (χ3v) is 6.23. The van der Waals surface area contributed by atoms with E-state index in [-0.39, 0.29) is 13.0 Å². The second kappa shape index (κ2) is 9.97. The molecule has 6 nitrogen and oxygen atoms in total. The molecule has 158 valence electrons. The lowest BCUT2D eigenvalue weighted by Gasteiger charge is -2.22. The van der Waals surface area contributed by atoms with E-state index in [1.54, 1.807) is 6.92 Å². The van der Waals surface area contributed by atoms with Gasteiger partial charge in [0, 0.05) is 18.1 Å². The van der Waals surface area contributed by atoms with Crippen molar-refractivity contribution in [2.45, 2.75) is 32.3 Å². The van der Waals surface area contributed by atoms with Crippen LogP contribution in [0.25, 0.3) is 0 Å². The summed E-state index contributed by atoms with van der Waals surface area (Å²) < 4.78 is 85.8. The quantitative estimate of drug-likeness (QED) is 0.236. The van der Waals surface area contributed by atoms with Gasteiger partial charge in [-0.15, -0.1) is 0 Å². The van der Waals surface area contributed by atoms with E-state index in [9.17, 15) is 41.2 Å². The van der Waals surface area contributed by atoms with Gasteiger partial charge in [-0.3, -0.25) is 14.2 Å². The molecule has 0 saturated heterocycles. The monoisotopic (exact) mass is 432 g/mol. The summed E-state index contributed by atoms with van der Waals surface area (Å²) in [5.74, 6) is -15.6. The zero-order valence-corrected chi connectivity index (χ0v) is 15.6. The molecule has 0 spiro atoms. The molecule has 0 heterocycles. The zero-order chi connectivity index (χ0) is 21.6. The second-order valence-corrected chi connectivity index (χ2v) is 8.57. The number of hydrogen-bond acceptors (Lipinski definition) is 4. The molecule has 0 aliphatic rings. The molecule has 0 bridgehead atoms. The molecule has 1 aromatic carbocycles. The van der Waals surface area contributed by atoms with Gasteiger partial charge in [0.25, 0.3) is 0 Å². The van der Waals surface area contributed by atoms with E-state index in [0.29, 0.717) is 0 Å². The predicted molar refractivity (Wildman–Crippen MR) is 86.6 cm³/mol. The fourth-order valence-electron chi connectivity index (χ4n) is 2.38. The molecule has 0 radical (unpaired) electrons. The number of carboxylic acid groups (broad SMARTS) is 2. The number of carbonyl (C=O) groups is 2. The minimum absolute atomic E-state index is 0.224. The molecule has 0 aliphatic carbocycles. The Balaban J connectivity index is 3.29. The summed E-state index contributed by atoms with van der Waals surface area (Å²) in [6.07, 6.45) is -2.83. The molecule has 2 N–H and O–H groups in total. The van der Waals surface area contributed by atoms with E-state index < -0.39 is 85.0 Å². The molecule has 0 amide bonds. The van der Waals surface area contributed by atoms with Gasteiger partial charge < -0.3 is 14.7 Å². The number of halogens is 5. The highest BCUT2D eigenvalue weighted by molar-refractivity contribution is 7.58. The van der Waals surface area contributed by atoms with Crippen molar-refractivity contribution >= 4 is 19.3 Å². The summed E-state index contributed by atoms with van der Waals surface area (Å²) in [4.78, 5) is 22.0. The minimum Gasteiger partial charge on any atom is -0.481 e. The van der Waals surface area contributed by atoms with Crippen molar-refractivity contribution in [1.82, 2.24) is 0 Å². The van der Waals surface area contributed by atoms with Crippen LogP contribution < -0.4 is 0 Å².